The highest BCUT2D eigenvalue weighted by molar-refractivity contribution is 8.00. The molecule has 2 bridgehead atoms. The molecular weight excluding hydrogens is 393 g/mol. The highest BCUT2D eigenvalue weighted by atomic mass is 35.5. The molecule has 1 amide bonds. The van der Waals surface area contributed by atoms with Crippen LogP contribution in [0.4, 0.5) is 0 Å². The molecule has 2 aliphatic carbocycles. The van der Waals surface area contributed by atoms with Crippen molar-refractivity contribution in [2.75, 3.05) is 12.4 Å². The van der Waals surface area contributed by atoms with E-state index in [9.17, 15) is 9.59 Å². The zero-order valence-electron chi connectivity index (χ0n) is 14.7. The number of rotatable bonds is 7. The molecule has 1 N–H and O–H groups in total. The lowest BCUT2D eigenvalue weighted by atomic mass is 9.84. The molecule has 0 radical (unpaired) electrons. The monoisotopic (exact) mass is 415 g/mol. The van der Waals surface area contributed by atoms with Gasteiger partial charge in [0.1, 0.15) is 0 Å². The Bertz CT molecular complexity index is 685. The fourth-order valence-electron chi connectivity index (χ4n) is 4.22. The van der Waals surface area contributed by atoms with Gasteiger partial charge in [0.15, 0.2) is 6.61 Å². The summed E-state index contributed by atoms with van der Waals surface area (Å²) in [5.41, 5.74) is 0. The summed E-state index contributed by atoms with van der Waals surface area (Å²) >= 11 is 13.2. The molecule has 0 aromatic heterocycles. The smallest absolute Gasteiger partial charge is 0.316 e. The maximum absolute atomic E-state index is 12.1. The number of carbonyl (C=O) groups excluding carboxylic acids is 2. The number of esters is 1. The minimum absolute atomic E-state index is 0.0786. The highest BCUT2D eigenvalue weighted by Crippen LogP contribution is 2.49. The SMILES string of the molecule is C[C@@H](NC(=O)COC(=O)CSc1cc(Cl)ccc1Cl)[C@H]1C[C@H]2CC[C@H]1C2. The standard InChI is InChI=1S/C19H23Cl2NO3S/c1-11(15-7-12-2-3-13(15)6-12)22-18(23)9-25-19(24)10-26-17-8-14(20)4-5-16(17)21/h4-5,8,11-13,15H,2-3,6-7,9-10H2,1H3,(H,22,23)/t11-,12+,13+,15-/m1/s1. The van der Waals surface area contributed by atoms with Gasteiger partial charge in [-0.05, 0) is 62.1 Å². The summed E-state index contributed by atoms with van der Waals surface area (Å²) in [6, 6.07) is 5.21. The van der Waals surface area contributed by atoms with E-state index in [2.05, 4.69) is 12.2 Å². The Morgan fingerprint density at radius 3 is 2.81 bits per heavy atom. The minimum atomic E-state index is -0.450. The predicted octanol–water partition coefficient (Wildman–Crippen LogP) is 4.57. The molecule has 1 aromatic rings. The Morgan fingerprint density at radius 1 is 1.31 bits per heavy atom. The van der Waals surface area contributed by atoms with Crippen LogP contribution in [0.15, 0.2) is 23.1 Å². The topological polar surface area (TPSA) is 55.4 Å². The van der Waals surface area contributed by atoms with Gasteiger partial charge in [-0.3, -0.25) is 9.59 Å². The second-order valence-electron chi connectivity index (χ2n) is 7.22. The van der Waals surface area contributed by atoms with Gasteiger partial charge >= 0.3 is 5.97 Å². The van der Waals surface area contributed by atoms with Gasteiger partial charge in [0.25, 0.3) is 5.91 Å². The molecule has 0 spiro atoms. The number of amides is 1. The van der Waals surface area contributed by atoms with Crippen molar-refractivity contribution in [3.05, 3.63) is 28.2 Å². The summed E-state index contributed by atoms with van der Waals surface area (Å²) in [4.78, 5) is 24.6. The van der Waals surface area contributed by atoms with Crippen LogP contribution in [-0.2, 0) is 14.3 Å². The lowest BCUT2D eigenvalue weighted by Gasteiger charge is -2.28. The summed E-state index contributed by atoms with van der Waals surface area (Å²) < 4.78 is 5.07. The molecule has 0 saturated heterocycles. The van der Waals surface area contributed by atoms with Crippen LogP contribution < -0.4 is 5.32 Å². The second kappa shape index (κ2) is 8.85. The first-order valence-electron chi connectivity index (χ1n) is 8.95. The van der Waals surface area contributed by atoms with Gasteiger partial charge in [-0.15, -0.1) is 11.8 Å². The van der Waals surface area contributed by atoms with Crippen LogP contribution in [0.1, 0.15) is 32.6 Å². The Balaban J connectivity index is 1.37. The average Bonchev–Trinajstić information content (AvgIpc) is 3.24. The molecule has 2 aliphatic rings. The number of halogens is 2. The van der Waals surface area contributed by atoms with E-state index in [1.807, 2.05) is 0 Å². The third kappa shape index (κ3) is 5.08. The van der Waals surface area contributed by atoms with E-state index in [1.54, 1.807) is 18.2 Å². The molecule has 0 unspecified atom stereocenters. The first kappa shape index (κ1) is 19.8. The molecule has 26 heavy (non-hydrogen) atoms. The van der Waals surface area contributed by atoms with E-state index in [0.717, 1.165) is 11.8 Å². The van der Waals surface area contributed by atoms with Crippen molar-refractivity contribution in [3.63, 3.8) is 0 Å². The van der Waals surface area contributed by atoms with Crippen molar-refractivity contribution in [3.8, 4) is 0 Å². The zero-order valence-corrected chi connectivity index (χ0v) is 17.0. The molecular formula is C19H23Cl2NO3S. The molecule has 4 atom stereocenters. The summed E-state index contributed by atoms with van der Waals surface area (Å²) in [6.45, 7) is 1.82. The van der Waals surface area contributed by atoms with Crippen molar-refractivity contribution in [2.24, 2.45) is 17.8 Å². The predicted molar refractivity (Wildman–Crippen MR) is 105 cm³/mol. The number of carbonyl (C=O) groups is 2. The molecule has 0 aliphatic heterocycles. The summed E-state index contributed by atoms with van der Waals surface area (Å²) in [5.74, 6) is 1.55. The first-order valence-corrected chi connectivity index (χ1v) is 10.7. The minimum Gasteiger partial charge on any atom is -0.455 e. The summed E-state index contributed by atoms with van der Waals surface area (Å²) in [5, 5.41) is 4.08. The van der Waals surface area contributed by atoms with Gasteiger partial charge in [-0.1, -0.05) is 29.6 Å². The highest BCUT2D eigenvalue weighted by Gasteiger charge is 2.42. The average molecular weight is 416 g/mol. The molecule has 7 heteroatoms. The number of thioether (sulfide) groups is 1. The fourth-order valence-corrected chi connectivity index (χ4v) is 5.51. The molecule has 1 aromatic carbocycles. The molecule has 3 rings (SSSR count). The maximum Gasteiger partial charge on any atom is 0.316 e. The number of hydrogen-bond acceptors (Lipinski definition) is 4. The Hall–Kier alpha value is -0.910. The van der Waals surface area contributed by atoms with Crippen LogP contribution >= 0.6 is 35.0 Å². The van der Waals surface area contributed by atoms with E-state index >= 15 is 0 Å². The summed E-state index contributed by atoms with van der Waals surface area (Å²) in [7, 11) is 0. The number of fused-ring (bicyclic) bond motifs is 2. The largest absolute Gasteiger partial charge is 0.455 e. The van der Waals surface area contributed by atoms with E-state index in [0.29, 0.717) is 20.9 Å². The molecule has 0 heterocycles. The Kier molecular flexibility index (Phi) is 6.76. The van der Waals surface area contributed by atoms with Crippen LogP contribution in [0.3, 0.4) is 0 Å². The van der Waals surface area contributed by atoms with E-state index < -0.39 is 5.97 Å². The molecule has 2 saturated carbocycles. The van der Waals surface area contributed by atoms with Crippen molar-refractivity contribution in [1.82, 2.24) is 5.32 Å². The lowest BCUT2D eigenvalue weighted by molar-refractivity contribution is -0.146. The second-order valence-corrected chi connectivity index (χ2v) is 9.08. The van der Waals surface area contributed by atoms with Crippen LogP contribution in [0.2, 0.25) is 10.0 Å². The van der Waals surface area contributed by atoms with Crippen LogP contribution in [0.5, 0.6) is 0 Å². The zero-order chi connectivity index (χ0) is 18.7. The quantitative estimate of drug-likeness (QED) is 0.523. The van der Waals surface area contributed by atoms with Gasteiger partial charge in [0.2, 0.25) is 0 Å². The number of benzene rings is 1. The first-order chi connectivity index (χ1) is 12.4. The number of hydrogen-bond donors (Lipinski definition) is 1. The van der Waals surface area contributed by atoms with Crippen LogP contribution in [-0.4, -0.2) is 30.3 Å². The number of nitrogens with one attached hydrogen (secondary N) is 1. The Labute approximate surface area is 168 Å². The Morgan fingerprint density at radius 2 is 2.12 bits per heavy atom. The van der Waals surface area contributed by atoms with Gasteiger partial charge in [0, 0.05) is 16.0 Å². The van der Waals surface area contributed by atoms with Crippen molar-refractivity contribution < 1.29 is 14.3 Å². The third-order valence-electron chi connectivity index (χ3n) is 5.43. The van der Waals surface area contributed by atoms with Gasteiger partial charge in [0.05, 0.1) is 10.8 Å². The lowest BCUT2D eigenvalue weighted by Crippen LogP contribution is -2.42. The molecule has 142 valence electrons. The van der Waals surface area contributed by atoms with Gasteiger partial charge in [-0.2, -0.15) is 0 Å². The van der Waals surface area contributed by atoms with Crippen molar-refractivity contribution in [1.29, 1.82) is 0 Å². The van der Waals surface area contributed by atoms with Crippen molar-refractivity contribution >= 4 is 46.8 Å². The number of ether oxygens (including phenoxy) is 1. The summed E-state index contributed by atoms with van der Waals surface area (Å²) in [6.07, 6.45) is 5.15. The van der Waals surface area contributed by atoms with Crippen LogP contribution in [0.25, 0.3) is 0 Å². The van der Waals surface area contributed by atoms with E-state index in [4.69, 9.17) is 27.9 Å². The third-order valence-corrected chi connectivity index (χ3v) is 7.13. The van der Waals surface area contributed by atoms with E-state index in [1.165, 1.54) is 37.4 Å². The van der Waals surface area contributed by atoms with Gasteiger partial charge in [-0.25, -0.2) is 0 Å². The van der Waals surface area contributed by atoms with Gasteiger partial charge < -0.3 is 10.1 Å². The molecule has 2 fully saturated rings. The molecule has 4 nitrogen and oxygen atoms in total. The van der Waals surface area contributed by atoms with E-state index in [-0.39, 0.29) is 24.3 Å². The fraction of sp³-hybridized carbons (Fsp3) is 0.579. The normalized spacial score (nSPS) is 25.1. The maximum atomic E-state index is 12.1. The van der Waals surface area contributed by atoms with Crippen molar-refractivity contribution in [2.45, 2.75) is 43.5 Å². The van der Waals surface area contributed by atoms with Crippen LogP contribution in [0, 0.1) is 17.8 Å².